The maximum absolute atomic E-state index is 5.65. The molecule has 0 spiro atoms. The van der Waals surface area contributed by atoms with E-state index >= 15 is 0 Å². The number of nitrogens with two attached hydrogens (primary N) is 1. The smallest absolute Gasteiger partial charge is 0.0943 e. The average Bonchev–Trinajstić information content (AvgIpc) is 2.42. The van der Waals surface area contributed by atoms with Crippen molar-refractivity contribution in [3.8, 4) is 0 Å². The SMILES string of the molecule is C[C@@H]1[C@H]2N=C(N)C[C@H](C)[C@@H]12. The van der Waals surface area contributed by atoms with Gasteiger partial charge in [0.05, 0.1) is 11.9 Å². The Morgan fingerprint density at radius 2 is 2.20 bits per heavy atom. The van der Waals surface area contributed by atoms with Gasteiger partial charge in [-0.05, 0) is 17.8 Å². The van der Waals surface area contributed by atoms with E-state index in [0.29, 0.717) is 6.04 Å². The summed E-state index contributed by atoms with van der Waals surface area (Å²) in [5.74, 6) is 3.30. The largest absolute Gasteiger partial charge is 0.387 e. The molecular formula is C8H14N2. The molecule has 1 aliphatic heterocycles. The first-order chi connectivity index (χ1) is 4.70. The van der Waals surface area contributed by atoms with Crippen LogP contribution in [0.5, 0.6) is 0 Å². The second kappa shape index (κ2) is 1.74. The Morgan fingerprint density at radius 3 is 2.80 bits per heavy atom. The Bertz CT molecular complexity index is 186. The van der Waals surface area contributed by atoms with Crippen LogP contribution in [0.15, 0.2) is 4.99 Å². The normalized spacial score (nSPS) is 51.6. The Hall–Kier alpha value is -0.530. The van der Waals surface area contributed by atoms with Crippen LogP contribution in [0.3, 0.4) is 0 Å². The van der Waals surface area contributed by atoms with Gasteiger partial charge in [-0.3, -0.25) is 4.99 Å². The van der Waals surface area contributed by atoms with Crippen LogP contribution < -0.4 is 5.73 Å². The lowest BCUT2D eigenvalue weighted by atomic mass is 9.98. The molecule has 0 unspecified atom stereocenters. The Labute approximate surface area is 61.5 Å². The van der Waals surface area contributed by atoms with Crippen LogP contribution in [0.2, 0.25) is 0 Å². The summed E-state index contributed by atoms with van der Waals surface area (Å²) >= 11 is 0. The van der Waals surface area contributed by atoms with Gasteiger partial charge in [0.2, 0.25) is 0 Å². The van der Waals surface area contributed by atoms with E-state index in [4.69, 9.17) is 5.73 Å². The summed E-state index contributed by atoms with van der Waals surface area (Å²) in [6, 6.07) is 0.587. The van der Waals surface area contributed by atoms with Gasteiger partial charge in [0.1, 0.15) is 0 Å². The molecule has 0 radical (unpaired) electrons. The van der Waals surface area contributed by atoms with Crippen molar-refractivity contribution in [3.05, 3.63) is 0 Å². The predicted molar refractivity (Wildman–Crippen MR) is 41.8 cm³/mol. The lowest BCUT2D eigenvalue weighted by molar-refractivity contribution is 0.481. The Morgan fingerprint density at radius 1 is 1.50 bits per heavy atom. The number of fused-ring (bicyclic) bond motifs is 1. The quantitative estimate of drug-likeness (QED) is 0.533. The molecule has 0 bridgehead atoms. The van der Waals surface area contributed by atoms with Gasteiger partial charge in [-0.2, -0.15) is 0 Å². The maximum atomic E-state index is 5.65. The molecule has 1 heterocycles. The van der Waals surface area contributed by atoms with E-state index in [1.54, 1.807) is 0 Å². The molecule has 0 aromatic heterocycles. The van der Waals surface area contributed by atoms with Gasteiger partial charge in [0.15, 0.2) is 0 Å². The summed E-state index contributed by atoms with van der Waals surface area (Å²) in [7, 11) is 0. The first-order valence-electron chi connectivity index (χ1n) is 4.02. The average molecular weight is 138 g/mol. The molecule has 2 rings (SSSR count). The highest BCUT2D eigenvalue weighted by atomic mass is 15.0. The van der Waals surface area contributed by atoms with Crippen LogP contribution in [-0.4, -0.2) is 11.9 Å². The minimum absolute atomic E-state index is 0.587. The molecular weight excluding hydrogens is 124 g/mol. The van der Waals surface area contributed by atoms with Gasteiger partial charge in [-0.25, -0.2) is 0 Å². The number of amidine groups is 1. The second-order valence-electron chi connectivity index (χ2n) is 3.73. The third-order valence-corrected chi connectivity index (χ3v) is 2.90. The van der Waals surface area contributed by atoms with Crippen LogP contribution in [0.1, 0.15) is 20.3 Å². The van der Waals surface area contributed by atoms with Gasteiger partial charge in [-0.1, -0.05) is 13.8 Å². The highest BCUT2D eigenvalue weighted by Gasteiger charge is 2.51. The summed E-state index contributed by atoms with van der Waals surface area (Å²) in [6.45, 7) is 4.55. The number of hydrogen-bond donors (Lipinski definition) is 1. The molecule has 2 nitrogen and oxygen atoms in total. The highest BCUT2D eigenvalue weighted by molar-refractivity contribution is 5.82. The molecule has 0 aromatic carbocycles. The predicted octanol–water partition coefficient (Wildman–Crippen LogP) is 1.02. The minimum atomic E-state index is 0.587. The molecule has 2 aliphatic rings. The zero-order chi connectivity index (χ0) is 7.30. The van der Waals surface area contributed by atoms with Crippen LogP contribution >= 0.6 is 0 Å². The molecule has 10 heavy (non-hydrogen) atoms. The first-order valence-corrected chi connectivity index (χ1v) is 4.02. The Balaban J connectivity index is 2.18. The number of nitrogens with zero attached hydrogens (tertiary/aromatic N) is 1. The van der Waals surface area contributed by atoms with Crippen molar-refractivity contribution < 1.29 is 0 Å². The molecule has 0 aromatic rings. The fourth-order valence-electron chi connectivity index (χ4n) is 2.24. The van der Waals surface area contributed by atoms with Crippen LogP contribution in [0.25, 0.3) is 0 Å². The van der Waals surface area contributed by atoms with E-state index in [2.05, 4.69) is 18.8 Å². The molecule has 0 saturated heterocycles. The van der Waals surface area contributed by atoms with E-state index in [1.807, 2.05) is 0 Å². The number of aliphatic imine (C=N–C) groups is 1. The fraction of sp³-hybridized carbons (Fsp3) is 0.875. The third-order valence-electron chi connectivity index (χ3n) is 2.90. The molecule has 2 heteroatoms. The lowest BCUT2D eigenvalue weighted by Crippen LogP contribution is -2.22. The summed E-state index contributed by atoms with van der Waals surface area (Å²) in [5.41, 5.74) is 5.65. The zero-order valence-corrected chi connectivity index (χ0v) is 6.54. The second-order valence-corrected chi connectivity index (χ2v) is 3.73. The van der Waals surface area contributed by atoms with Crippen molar-refractivity contribution in [2.24, 2.45) is 28.5 Å². The van der Waals surface area contributed by atoms with Gasteiger partial charge >= 0.3 is 0 Å². The monoisotopic (exact) mass is 138 g/mol. The standard InChI is InChI=1S/C8H14N2/c1-4-3-6(9)10-8-5(2)7(4)8/h4-5,7-8H,3H2,1-2H3,(H2,9,10)/t4-,5-,7-,8+/m0/s1. The molecule has 1 aliphatic carbocycles. The summed E-state index contributed by atoms with van der Waals surface area (Å²) < 4.78 is 0. The van der Waals surface area contributed by atoms with Crippen molar-refractivity contribution in [1.29, 1.82) is 0 Å². The van der Waals surface area contributed by atoms with Gasteiger partial charge < -0.3 is 5.73 Å². The molecule has 56 valence electrons. The van der Waals surface area contributed by atoms with Crippen LogP contribution in [-0.2, 0) is 0 Å². The van der Waals surface area contributed by atoms with Crippen molar-refractivity contribution >= 4 is 5.84 Å². The van der Waals surface area contributed by atoms with Crippen molar-refractivity contribution in [1.82, 2.24) is 0 Å². The Kier molecular flexibility index (Phi) is 1.08. The van der Waals surface area contributed by atoms with Crippen LogP contribution in [0, 0.1) is 17.8 Å². The van der Waals surface area contributed by atoms with Crippen LogP contribution in [0.4, 0.5) is 0 Å². The van der Waals surface area contributed by atoms with Crippen molar-refractivity contribution in [3.63, 3.8) is 0 Å². The van der Waals surface area contributed by atoms with E-state index in [1.165, 1.54) is 0 Å². The van der Waals surface area contributed by atoms with E-state index in [-0.39, 0.29) is 0 Å². The number of rotatable bonds is 0. The van der Waals surface area contributed by atoms with Crippen molar-refractivity contribution in [2.45, 2.75) is 26.3 Å². The van der Waals surface area contributed by atoms with Gasteiger partial charge in [0, 0.05) is 6.42 Å². The zero-order valence-electron chi connectivity index (χ0n) is 6.54. The van der Waals surface area contributed by atoms with E-state index in [9.17, 15) is 0 Å². The van der Waals surface area contributed by atoms with Gasteiger partial charge in [-0.15, -0.1) is 0 Å². The van der Waals surface area contributed by atoms with E-state index < -0.39 is 0 Å². The summed E-state index contributed by atoms with van der Waals surface area (Å²) in [4.78, 5) is 4.38. The fourth-order valence-corrected chi connectivity index (χ4v) is 2.24. The molecule has 1 fully saturated rings. The first kappa shape index (κ1) is 6.20. The highest BCUT2D eigenvalue weighted by Crippen LogP contribution is 2.50. The number of hydrogen-bond acceptors (Lipinski definition) is 2. The van der Waals surface area contributed by atoms with Crippen molar-refractivity contribution in [2.75, 3.05) is 0 Å². The lowest BCUT2D eigenvalue weighted by Gasteiger charge is -2.13. The molecule has 1 saturated carbocycles. The minimum Gasteiger partial charge on any atom is -0.387 e. The maximum Gasteiger partial charge on any atom is 0.0943 e. The van der Waals surface area contributed by atoms with E-state index in [0.717, 1.165) is 30.0 Å². The molecule has 4 atom stereocenters. The van der Waals surface area contributed by atoms with Gasteiger partial charge in [0.25, 0.3) is 0 Å². The summed E-state index contributed by atoms with van der Waals surface area (Å²) in [5, 5.41) is 0. The molecule has 2 N–H and O–H groups in total. The molecule has 0 amide bonds. The summed E-state index contributed by atoms with van der Waals surface area (Å²) in [6.07, 6.45) is 1.02. The topological polar surface area (TPSA) is 38.4 Å². The third kappa shape index (κ3) is 0.678.